The second kappa shape index (κ2) is 11.6. The first-order valence-electron chi connectivity index (χ1n) is 13.0. The molecule has 1 aliphatic heterocycles. The first kappa shape index (κ1) is 26.3. The van der Waals surface area contributed by atoms with Crippen molar-refractivity contribution in [3.63, 3.8) is 0 Å². The molecule has 2 N–H and O–H groups in total. The Labute approximate surface area is 228 Å². The highest BCUT2D eigenvalue weighted by atomic mass is 16.6. The van der Waals surface area contributed by atoms with E-state index < -0.39 is 11.7 Å². The van der Waals surface area contributed by atoms with Crippen LogP contribution in [0.4, 0.5) is 16.4 Å². The average molecular weight is 529 g/mol. The molecule has 2 aliphatic rings. The molecule has 0 radical (unpaired) electrons. The number of hydrogen-bond donors (Lipinski definition) is 2. The van der Waals surface area contributed by atoms with Crippen LogP contribution in [0.15, 0.2) is 42.6 Å². The van der Waals surface area contributed by atoms with Crippen molar-refractivity contribution in [1.29, 1.82) is 0 Å². The molecule has 0 saturated carbocycles. The first-order valence-corrected chi connectivity index (χ1v) is 13.0. The number of nitrogens with zero attached hydrogens (tertiary/aromatic N) is 2. The topological polar surface area (TPSA) is 104 Å². The molecule has 202 valence electrons. The zero-order valence-corrected chi connectivity index (χ0v) is 22.4. The number of rotatable bonds is 1. The lowest BCUT2D eigenvalue weighted by Crippen LogP contribution is -2.32. The molecule has 2 aromatic carbocycles. The SMILES string of the molecule is CC(C)(C)OC(=O)NCC#Cc1ccc2cc1OCCOCCOc1ccc3c(c1)-c1nc(ncc1CC3)N2. The largest absolute Gasteiger partial charge is 0.491 e. The minimum absolute atomic E-state index is 0.142. The van der Waals surface area contributed by atoms with Crippen LogP contribution in [0.25, 0.3) is 11.3 Å². The average Bonchev–Trinajstić information content (AvgIpc) is 2.90. The van der Waals surface area contributed by atoms with E-state index >= 15 is 0 Å². The van der Waals surface area contributed by atoms with Crippen molar-refractivity contribution >= 4 is 17.7 Å². The standard InChI is InChI=1S/C30H32N4O5/c1-30(2,3)39-29(35)31-12-4-5-21-8-10-23-17-26(21)38-16-14-36-13-15-37-24-11-9-20-6-7-22-19-32-28(33-23)34-27(22)25(20)18-24/h8-11,17-19H,6-7,12-16H2,1-3H3,(H,31,35)(H,32,33,34). The van der Waals surface area contributed by atoms with Gasteiger partial charge < -0.3 is 29.6 Å². The van der Waals surface area contributed by atoms with E-state index in [0.29, 0.717) is 43.7 Å². The van der Waals surface area contributed by atoms with Gasteiger partial charge in [-0.25, -0.2) is 14.8 Å². The van der Waals surface area contributed by atoms with Crippen molar-refractivity contribution in [2.75, 3.05) is 38.3 Å². The smallest absolute Gasteiger partial charge is 0.408 e. The lowest BCUT2D eigenvalue weighted by Gasteiger charge is -2.20. The van der Waals surface area contributed by atoms with Crippen molar-refractivity contribution in [3.05, 3.63) is 59.3 Å². The molecule has 0 saturated heterocycles. The molecule has 39 heavy (non-hydrogen) atoms. The van der Waals surface area contributed by atoms with E-state index in [4.69, 9.17) is 23.9 Å². The van der Waals surface area contributed by atoms with Gasteiger partial charge in [0.1, 0.15) is 30.3 Å². The van der Waals surface area contributed by atoms with Crippen molar-refractivity contribution in [2.24, 2.45) is 0 Å². The van der Waals surface area contributed by atoms with E-state index in [2.05, 4.69) is 39.6 Å². The van der Waals surface area contributed by atoms with Gasteiger partial charge in [0.2, 0.25) is 5.95 Å². The Morgan fingerprint density at radius 1 is 1.05 bits per heavy atom. The monoisotopic (exact) mass is 528 g/mol. The van der Waals surface area contributed by atoms with E-state index in [0.717, 1.165) is 41.1 Å². The number of aryl methyl sites for hydroxylation is 2. The Bertz CT molecular complexity index is 1420. The molecule has 1 amide bonds. The van der Waals surface area contributed by atoms with Crippen LogP contribution < -0.4 is 20.1 Å². The molecule has 0 atom stereocenters. The molecule has 5 rings (SSSR count). The quantitative estimate of drug-likeness (QED) is 0.440. The number of benzene rings is 2. The van der Waals surface area contributed by atoms with Crippen molar-refractivity contribution in [2.45, 2.75) is 39.2 Å². The molecule has 0 spiro atoms. The number of alkyl carbamates (subject to hydrolysis) is 1. The zero-order valence-electron chi connectivity index (χ0n) is 22.4. The number of amides is 1. The first-order chi connectivity index (χ1) is 18.8. The molecule has 6 bridgehead atoms. The third-order valence-corrected chi connectivity index (χ3v) is 6.03. The second-order valence-electron chi connectivity index (χ2n) is 10.2. The molecule has 0 unspecified atom stereocenters. The third kappa shape index (κ3) is 6.98. The summed E-state index contributed by atoms with van der Waals surface area (Å²) in [5.74, 6) is 7.89. The molecule has 9 nitrogen and oxygen atoms in total. The van der Waals surface area contributed by atoms with Gasteiger partial charge in [0.05, 0.1) is 31.0 Å². The minimum Gasteiger partial charge on any atom is -0.491 e. The lowest BCUT2D eigenvalue weighted by atomic mass is 9.90. The van der Waals surface area contributed by atoms with Gasteiger partial charge in [0, 0.05) is 23.5 Å². The van der Waals surface area contributed by atoms with E-state index in [-0.39, 0.29) is 6.54 Å². The van der Waals surface area contributed by atoms with Crippen LogP contribution in [0.5, 0.6) is 11.5 Å². The van der Waals surface area contributed by atoms with Gasteiger partial charge in [0.25, 0.3) is 0 Å². The highest BCUT2D eigenvalue weighted by Gasteiger charge is 2.20. The van der Waals surface area contributed by atoms with E-state index in [1.165, 1.54) is 5.56 Å². The fraction of sp³-hybridized carbons (Fsp3) is 0.367. The molecule has 3 aromatic rings. The number of ether oxygens (including phenoxy) is 4. The molecule has 2 heterocycles. The van der Waals surface area contributed by atoms with Gasteiger partial charge in [-0.1, -0.05) is 17.9 Å². The normalized spacial score (nSPS) is 14.4. The number of nitrogens with one attached hydrogen (secondary N) is 2. The van der Waals surface area contributed by atoms with Crippen molar-refractivity contribution in [3.8, 4) is 34.6 Å². The van der Waals surface area contributed by atoms with Crippen LogP contribution >= 0.6 is 0 Å². The third-order valence-electron chi connectivity index (χ3n) is 6.03. The van der Waals surface area contributed by atoms with Crippen LogP contribution in [-0.4, -0.2) is 54.6 Å². The van der Waals surface area contributed by atoms with Crippen LogP contribution in [0.2, 0.25) is 0 Å². The maximum absolute atomic E-state index is 11.9. The van der Waals surface area contributed by atoms with Crippen LogP contribution in [0, 0.1) is 11.8 Å². The lowest BCUT2D eigenvalue weighted by molar-refractivity contribution is 0.0535. The highest BCUT2D eigenvalue weighted by Crippen LogP contribution is 2.35. The Morgan fingerprint density at radius 2 is 1.87 bits per heavy atom. The van der Waals surface area contributed by atoms with Gasteiger partial charge in [-0.2, -0.15) is 0 Å². The summed E-state index contributed by atoms with van der Waals surface area (Å²) in [5.41, 5.74) is 5.21. The number of anilines is 2. The minimum atomic E-state index is -0.568. The van der Waals surface area contributed by atoms with Crippen molar-refractivity contribution < 1.29 is 23.7 Å². The zero-order chi connectivity index (χ0) is 27.2. The number of carbonyl (C=O) groups is 1. The number of carbonyl (C=O) groups excluding carboxylic acids is 1. The number of aromatic nitrogens is 2. The van der Waals surface area contributed by atoms with Crippen LogP contribution in [0.3, 0.4) is 0 Å². The number of fused-ring (bicyclic) bond motifs is 4. The summed E-state index contributed by atoms with van der Waals surface area (Å²) in [5, 5.41) is 5.94. The summed E-state index contributed by atoms with van der Waals surface area (Å²) in [6, 6.07) is 11.8. The maximum atomic E-state index is 11.9. The molecule has 0 fully saturated rings. The van der Waals surface area contributed by atoms with Crippen molar-refractivity contribution in [1.82, 2.24) is 15.3 Å². The Balaban J connectivity index is 1.39. The van der Waals surface area contributed by atoms with Gasteiger partial charge in [-0.3, -0.25) is 0 Å². The van der Waals surface area contributed by atoms with E-state index in [1.807, 2.05) is 51.2 Å². The van der Waals surface area contributed by atoms with Crippen LogP contribution in [-0.2, 0) is 22.3 Å². The predicted octanol–water partition coefficient (Wildman–Crippen LogP) is 4.65. The van der Waals surface area contributed by atoms with Crippen LogP contribution in [0.1, 0.15) is 37.5 Å². The fourth-order valence-electron chi connectivity index (χ4n) is 4.29. The number of hydrogen-bond acceptors (Lipinski definition) is 8. The Morgan fingerprint density at radius 3 is 2.72 bits per heavy atom. The fourth-order valence-corrected chi connectivity index (χ4v) is 4.29. The van der Waals surface area contributed by atoms with E-state index in [9.17, 15) is 4.79 Å². The summed E-state index contributed by atoms with van der Waals surface area (Å²) in [6.07, 6.45) is 3.21. The molecular formula is C30H32N4O5. The summed E-state index contributed by atoms with van der Waals surface area (Å²) in [4.78, 5) is 21.3. The summed E-state index contributed by atoms with van der Waals surface area (Å²) < 4.78 is 22.9. The Kier molecular flexibility index (Phi) is 7.84. The van der Waals surface area contributed by atoms with Gasteiger partial charge >= 0.3 is 6.09 Å². The van der Waals surface area contributed by atoms with Gasteiger partial charge in [-0.05, 0) is 69.0 Å². The molecule has 1 aliphatic carbocycles. The molecule has 9 heteroatoms. The summed E-state index contributed by atoms with van der Waals surface area (Å²) in [6.45, 7) is 7.17. The van der Waals surface area contributed by atoms with E-state index in [1.54, 1.807) is 0 Å². The highest BCUT2D eigenvalue weighted by molar-refractivity contribution is 5.72. The summed E-state index contributed by atoms with van der Waals surface area (Å²) >= 11 is 0. The van der Waals surface area contributed by atoms with Gasteiger partial charge in [0.15, 0.2) is 0 Å². The maximum Gasteiger partial charge on any atom is 0.408 e. The Hall–Kier alpha value is -4.29. The summed E-state index contributed by atoms with van der Waals surface area (Å²) in [7, 11) is 0. The molecular weight excluding hydrogens is 496 g/mol. The second-order valence-corrected chi connectivity index (χ2v) is 10.2. The van der Waals surface area contributed by atoms with Gasteiger partial charge in [-0.15, -0.1) is 0 Å². The predicted molar refractivity (Wildman–Crippen MR) is 148 cm³/mol. The molecule has 1 aromatic heterocycles.